The van der Waals surface area contributed by atoms with Gasteiger partial charge >= 0.3 is 5.97 Å². The first-order chi connectivity index (χ1) is 17.2. The lowest BCUT2D eigenvalue weighted by atomic mass is 9.97. The fourth-order valence-electron chi connectivity index (χ4n) is 3.88. The fourth-order valence-corrected chi connectivity index (χ4v) is 3.88. The summed E-state index contributed by atoms with van der Waals surface area (Å²) < 4.78 is 5.08. The number of Topliss-reactive ketones (excluding diaryl/α,β-unsaturated/α-hetero) is 1. The van der Waals surface area contributed by atoms with Gasteiger partial charge in [0.15, 0.2) is 5.78 Å². The molecule has 0 atom stereocenters. The number of aliphatic hydroxyl groups is 1. The summed E-state index contributed by atoms with van der Waals surface area (Å²) in [7, 11) is 0. The van der Waals surface area contributed by atoms with Gasteiger partial charge in [-0.05, 0) is 27.2 Å². The molecule has 1 N–H and O–H groups in total. The van der Waals surface area contributed by atoms with Gasteiger partial charge in [-0.3, -0.25) is 4.79 Å². The molecule has 0 saturated carbocycles. The van der Waals surface area contributed by atoms with Crippen LogP contribution in [0.2, 0.25) is 0 Å². The predicted molar refractivity (Wildman–Crippen MR) is 152 cm³/mol. The summed E-state index contributed by atoms with van der Waals surface area (Å²) in [5.74, 6) is -0.501. The molecule has 0 radical (unpaired) electrons. The largest absolute Gasteiger partial charge is 0.462 e. The number of carbonyl (C=O) groups is 2. The van der Waals surface area contributed by atoms with E-state index in [1.807, 2.05) is 6.07 Å². The first-order valence-corrected chi connectivity index (χ1v) is 14.3. The van der Waals surface area contributed by atoms with Gasteiger partial charge in [0, 0.05) is 11.1 Å². The predicted octanol–water partition coefficient (Wildman–Crippen LogP) is 9.01. The highest BCUT2D eigenvalue weighted by Gasteiger charge is 2.24. The summed E-state index contributed by atoms with van der Waals surface area (Å²) in [6.45, 7) is 11.1. The molecule has 0 aliphatic heterocycles. The molecular weight excluding hydrogens is 448 g/mol. The standard InChI is InChI=1S/C22H42O2.C10H12O2/c1-4-5-6-7-8-9-10-11-12-13-14-15-16-17-18-19-20-24-22(23)21(2)3;1-10(2,12)9(11)8-6-4-3-5-7-8/h2,4-20H2,1,3H3;3-7,12H,1-2H3. The lowest BCUT2D eigenvalue weighted by Crippen LogP contribution is -2.30. The van der Waals surface area contributed by atoms with Crippen LogP contribution < -0.4 is 0 Å². The SMILES string of the molecule is C=C(C)C(=O)OCCCCCCCCCCCCCCCCCC.CC(C)(O)C(=O)c1ccccc1. The molecule has 1 aromatic rings. The highest BCUT2D eigenvalue weighted by molar-refractivity contribution is 6.01. The third-order valence-electron chi connectivity index (χ3n) is 6.17. The first-order valence-electron chi connectivity index (χ1n) is 14.3. The maximum Gasteiger partial charge on any atom is 0.333 e. The Bertz CT molecular complexity index is 688. The molecule has 36 heavy (non-hydrogen) atoms. The number of esters is 1. The van der Waals surface area contributed by atoms with Crippen molar-refractivity contribution in [2.45, 2.75) is 136 Å². The molecule has 0 spiro atoms. The van der Waals surface area contributed by atoms with Crippen LogP contribution in [-0.4, -0.2) is 29.1 Å². The Morgan fingerprint density at radius 3 is 1.50 bits per heavy atom. The summed E-state index contributed by atoms with van der Waals surface area (Å²) in [6.07, 6.45) is 21.7. The van der Waals surface area contributed by atoms with Crippen molar-refractivity contribution in [3.05, 3.63) is 48.0 Å². The van der Waals surface area contributed by atoms with Crippen molar-refractivity contribution in [2.24, 2.45) is 0 Å². The van der Waals surface area contributed by atoms with E-state index in [9.17, 15) is 14.7 Å². The Morgan fingerprint density at radius 2 is 1.14 bits per heavy atom. The van der Waals surface area contributed by atoms with E-state index in [1.165, 1.54) is 110 Å². The smallest absolute Gasteiger partial charge is 0.333 e. The summed E-state index contributed by atoms with van der Waals surface area (Å²) in [5.41, 5.74) is -0.238. The summed E-state index contributed by atoms with van der Waals surface area (Å²) in [6, 6.07) is 8.78. The van der Waals surface area contributed by atoms with Crippen LogP contribution in [0.4, 0.5) is 0 Å². The van der Waals surface area contributed by atoms with Gasteiger partial charge in [-0.15, -0.1) is 0 Å². The molecule has 0 amide bonds. The Labute approximate surface area is 221 Å². The van der Waals surface area contributed by atoms with E-state index >= 15 is 0 Å². The molecule has 0 heterocycles. The Hall–Kier alpha value is -1.94. The van der Waals surface area contributed by atoms with Crippen molar-refractivity contribution in [3.63, 3.8) is 0 Å². The van der Waals surface area contributed by atoms with Crippen molar-refractivity contribution in [3.8, 4) is 0 Å². The highest BCUT2D eigenvalue weighted by Crippen LogP contribution is 2.14. The van der Waals surface area contributed by atoms with Crippen LogP contribution in [0.3, 0.4) is 0 Å². The number of carbonyl (C=O) groups excluding carboxylic acids is 2. The van der Waals surface area contributed by atoms with Crippen molar-refractivity contribution < 1.29 is 19.4 Å². The van der Waals surface area contributed by atoms with E-state index in [0.29, 0.717) is 17.7 Å². The zero-order chi connectivity index (χ0) is 27.1. The molecule has 0 aromatic heterocycles. The van der Waals surface area contributed by atoms with E-state index in [1.54, 1.807) is 31.2 Å². The molecule has 1 aromatic carbocycles. The van der Waals surface area contributed by atoms with Crippen molar-refractivity contribution in [1.29, 1.82) is 0 Å². The first kappa shape index (κ1) is 34.1. The number of ether oxygens (including phenoxy) is 1. The van der Waals surface area contributed by atoms with Crippen molar-refractivity contribution >= 4 is 11.8 Å². The van der Waals surface area contributed by atoms with Crippen LogP contribution in [0.5, 0.6) is 0 Å². The summed E-state index contributed by atoms with van der Waals surface area (Å²) in [5, 5.41) is 9.39. The van der Waals surface area contributed by atoms with Crippen molar-refractivity contribution in [1.82, 2.24) is 0 Å². The van der Waals surface area contributed by atoms with E-state index in [4.69, 9.17) is 4.74 Å². The maximum absolute atomic E-state index is 11.4. The van der Waals surface area contributed by atoms with E-state index < -0.39 is 5.60 Å². The Balaban J connectivity index is 0.000000846. The van der Waals surface area contributed by atoms with E-state index in [-0.39, 0.29) is 11.8 Å². The molecule has 0 aliphatic rings. The van der Waals surface area contributed by atoms with Gasteiger partial charge in [-0.2, -0.15) is 0 Å². The second-order valence-corrected chi connectivity index (χ2v) is 10.5. The van der Waals surface area contributed by atoms with Crippen LogP contribution in [0.15, 0.2) is 42.5 Å². The highest BCUT2D eigenvalue weighted by atomic mass is 16.5. The molecule has 4 heteroatoms. The van der Waals surface area contributed by atoms with Crippen molar-refractivity contribution in [2.75, 3.05) is 6.61 Å². The van der Waals surface area contributed by atoms with Gasteiger partial charge < -0.3 is 9.84 Å². The van der Waals surface area contributed by atoms with Crippen LogP contribution in [0.25, 0.3) is 0 Å². The van der Waals surface area contributed by atoms with Gasteiger partial charge in [-0.25, -0.2) is 4.79 Å². The number of unbranched alkanes of at least 4 members (excludes halogenated alkanes) is 15. The average Bonchev–Trinajstić information content (AvgIpc) is 2.85. The minimum Gasteiger partial charge on any atom is -0.462 e. The molecular formula is C32H54O4. The normalized spacial score (nSPS) is 10.9. The molecule has 206 valence electrons. The lowest BCUT2D eigenvalue weighted by Gasteiger charge is -2.14. The van der Waals surface area contributed by atoms with Gasteiger partial charge in [0.25, 0.3) is 0 Å². The van der Waals surface area contributed by atoms with Crippen LogP contribution in [0, 0.1) is 0 Å². The summed E-state index contributed by atoms with van der Waals surface area (Å²) in [4.78, 5) is 22.6. The number of hydrogen-bond donors (Lipinski definition) is 1. The topological polar surface area (TPSA) is 63.6 Å². The van der Waals surface area contributed by atoms with Gasteiger partial charge in [0.05, 0.1) is 6.61 Å². The van der Waals surface area contributed by atoms with Gasteiger partial charge in [-0.1, -0.05) is 140 Å². The molecule has 0 bridgehead atoms. The Morgan fingerprint density at radius 1 is 0.750 bits per heavy atom. The minimum absolute atomic E-state index is 0.247. The molecule has 1 rings (SSSR count). The van der Waals surface area contributed by atoms with Gasteiger partial charge in [0.1, 0.15) is 5.60 Å². The van der Waals surface area contributed by atoms with Crippen LogP contribution in [0.1, 0.15) is 141 Å². The van der Waals surface area contributed by atoms with Crippen LogP contribution in [-0.2, 0) is 9.53 Å². The minimum atomic E-state index is -1.28. The van der Waals surface area contributed by atoms with E-state index in [0.717, 1.165) is 6.42 Å². The maximum atomic E-state index is 11.4. The molecule has 0 unspecified atom stereocenters. The number of ketones is 1. The quantitative estimate of drug-likeness (QED) is 0.0836. The average molecular weight is 503 g/mol. The lowest BCUT2D eigenvalue weighted by molar-refractivity contribution is -0.139. The van der Waals surface area contributed by atoms with E-state index in [2.05, 4.69) is 13.5 Å². The molecule has 0 saturated heterocycles. The number of rotatable bonds is 20. The Kier molecular flexibility index (Phi) is 21.1. The fraction of sp³-hybridized carbons (Fsp3) is 0.688. The zero-order valence-corrected chi connectivity index (χ0v) is 23.8. The zero-order valence-electron chi connectivity index (χ0n) is 23.8. The van der Waals surface area contributed by atoms with Gasteiger partial charge in [0.2, 0.25) is 0 Å². The third kappa shape index (κ3) is 20.3. The monoisotopic (exact) mass is 502 g/mol. The number of hydrogen-bond acceptors (Lipinski definition) is 4. The number of benzene rings is 1. The summed E-state index contributed by atoms with van der Waals surface area (Å²) >= 11 is 0. The molecule has 0 aliphatic carbocycles. The molecule has 4 nitrogen and oxygen atoms in total. The van der Waals surface area contributed by atoms with Crippen LogP contribution >= 0.6 is 0 Å². The molecule has 0 fully saturated rings. The third-order valence-corrected chi connectivity index (χ3v) is 6.17. The second-order valence-electron chi connectivity index (χ2n) is 10.5. The second kappa shape index (κ2) is 22.3.